The lowest BCUT2D eigenvalue weighted by atomic mass is 10.2. The van der Waals surface area contributed by atoms with Crippen molar-refractivity contribution in [1.82, 2.24) is 5.32 Å². The number of hydrogen-bond donors (Lipinski definition) is 1. The lowest BCUT2D eigenvalue weighted by Gasteiger charge is -2.09. The van der Waals surface area contributed by atoms with E-state index in [-0.39, 0.29) is 14.2 Å². The van der Waals surface area contributed by atoms with Gasteiger partial charge in [0.2, 0.25) is 0 Å². The van der Waals surface area contributed by atoms with Gasteiger partial charge in [-0.1, -0.05) is 43.7 Å². The third kappa shape index (κ3) is 3.99. The van der Waals surface area contributed by atoms with Crippen LogP contribution in [0.5, 0.6) is 0 Å². The number of hydrogen-bond acceptors (Lipinski definition) is 2. The van der Waals surface area contributed by atoms with Crippen LogP contribution in [-0.4, -0.2) is 5.78 Å². The second-order valence-corrected chi connectivity index (χ2v) is 4.11. The zero-order valence-electron chi connectivity index (χ0n) is 8.44. The third-order valence-electron chi connectivity index (χ3n) is 2.07. The lowest BCUT2D eigenvalue weighted by molar-refractivity contribution is 0.548. The quantitative estimate of drug-likeness (QED) is 0.729. The molecule has 0 aliphatic rings. The molecule has 14 heavy (non-hydrogen) atoms. The molecule has 0 aliphatic heterocycles. The van der Waals surface area contributed by atoms with Crippen LogP contribution >= 0.6 is 8.46 Å². The molecule has 0 aromatic heterocycles. The average molecular weight is 209 g/mol. The van der Waals surface area contributed by atoms with E-state index in [1.54, 1.807) is 0 Å². The van der Waals surface area contributed by atoms with Crippen LogP contribution in [0.3, 0.4) is 0 Å². The number of rotatable bonds is 6. The van der Waals surface area contributed by atoms with Crippen molar-refractivity contribution in [1.29, 1.82) is 0 Å². The molecule has 1 aromatic carbocycles. The van der Waals surface area contributed by atoms with Crippen LogP contribution < -0.4 is 5.32 Å². The maximum Gasteiger partial charge on any atom is 0.174 e. The third-order valence-corrected chi connectivity index (χ3v) is 2.77. The standard InChI is InChI=1S/C11H16NOP/c1-2-6-11(14-13)12-9-10-7-4-3-5-8-10/h3-5,7-8,11-12H,2,6,9H2,1H3. The van der Waals surface area contributed by atoms with E-state index in [9.17, 15) is 4.57 Å². The Morgan fingerprint density at radius 1 is 1.36 bits per heavy atom. The normalized spacial score (nSPS) is 12.9. The Morgan fingerprint density at radius 3 is 2.64 bits per heavy atom. The van der Waals surface area contributed by atoms with Gasteiger partial charge in [-0.05, 0) is 12.0 Å². The molecule has 2 nitrogen and oxygen atoms in total. The fourth-order valence-corrected chi connectivity index (χ4v) is 1.83. The predicted octanol–water partition coefficient (Wildman–Crippen LogP) is 3.19. The van der Waals surface area contributed by atoms with Crippen LogP contribution in [0.1, 0.15) is 25.3 Å². The van der Waals surface area contributed by atoms with Crippen molar-refractivity contribution in [3.8, 4) is 0 Å². The predicted molar refractivity (Wildman–Crippen MR) is 59.6 cm³/mol. The van der Waals surface area contributed by atoms with Crippen molar-refractivity contribution < 1.29 is 4.57 Å². The van der Waals surface area contributed by atoms with Crippen LogP contribution in [0.15, 0.2) is 30.3 Å². The van der Waals surface area contributed by atoms with Crippen molar-refractivity contribution in [2.45, 2.75) is 32.1 Å². The molecule has 76 valence electrons. The van der Waals surface area contributed by atoms with Gasteiger partial charge in [-0.25, -0.2) is 0 Å². The molecule has 0 bridgehead atoms. The first-order valence-electron chi connectivity index (χ1n) is 4.96. The number of nitrogens with one attached hydrogen (secondary N) is 1. The molecule has 1 aromatic rings. The lowest BCUT2D eigenvalue weighted by Crippen LogP contribution is -2.22. The molecule has 0 spiro atoms. The highest BCUT2D eigenvalue weighted by Gasteiger charge is 2.05. The summed E-state index contributed by atoms with van der Waals surface area (Å²) in [5.41, 5.74) is 1.23. The topological polar surface area (TPSA) is 29.1 Å². The van der Waals surface area contributed by atoms with Gasteiger partial charge in [0.05, 0.1) is 5.78 Å². The Balaban J connectivity index is 2.35. The molecule has 1 atom stereocenters. The van der Waals surface area contributed by atoms with E-state index in [1.165, 1.54) is 5.56 Å². The van der Waals surface area contributed by atoms with E-state index < -0.39 is 0 Å². The summed E-state index contributed by atoms with van der Waals surface area (Å²) in [7, 11) is 0.199. The smallest absolute Gasteiger partial charge is 0.174 e. The highest BCUT2D eigenvalue weighted by Crippen LogP contribution is 2.10. The molecule has 1 N–H and O–H groups in total. The first kappa shape index (κ1) is 11.4. The number of benzene rings is 1. The molecular formula is C11H16NOP. The Morgan fingerprint density at radius 2 is 2.07 bits per heavy atom. The van der Waals surface area contributed by atoms with Gasteiger partial charge in [-0.3, -0.25) is 9.88 Å². The van der Waals surface area contributed by atoms with Crippen molar-refractivity contribution in [3.05, 3.63) is 35.9 Å². The zero-order chi connectivity index (χ0) is 10.2. The summed E-state index contributed by atoms with van der Waals surface area (Å²) in [6.45, 7) is 2.89. The molecule has 0 saturated carbocycles. The summed E-state index contributed by atoms with van der Waals surface area (Å²) in [4.78, 5) is 0. The van der Waals surface area contributed by atoms with Crippen molar-refractivity contribution in [2.75, 3.05) is 0 Å². The molecule has 1 unspecified atom stereocenters. The van der Waals surface area contributed by atoms with Gasteiger partial charge in [0, 0.05) is 6.54 Å². The molecule has 0 saturated heterocycles. The van der Waals surface area contributed by atoms with Gasteiger partial charge in [0.15, 0.2) is 8.46 Å². The van der Waals surface area contributed by atoms with Crippen LogP contribution in [0.25, 0.3) is 0 Å². The van der Waals surface area contributed by atoms with Gasteiger partial charge in [0.1, 0.15) is 0 Å². The van der Waals surface area contributed by atoms with Crippen LogP contribution in [0, 0.1) is 0 Å². The highest BCUT2D eigenvalue weighted by molar-refractivity contribution is 7.24. The van der Waals surface area contributed by atoms with E-state index in [0.717, 1.165) is 19.4 Å². The van der Waals surface area contributed by atoms with Crippen molar-refractivity contribution >= 4 is 8.46 Å². The monoisotopic (exact) mass is 209 g/mol. The zero-order valence-corrected chi connectivity index (χ0v) is 9.34. The molecule has 0 radical (unpaired) electrons. The fraction of sp³-hybridized carbons (Fsp3) is 0.455. The van der Waals surface area contributed by atoms with E-state index in [0.29, 0.717) is 0 Å². The second kappa shape index (κ2) is 6.69. The van der Waals surface area contributed by atoms with Gasteiger partial charge in [0.25, 0.3) is 0 Å². The molecular weight excluding hydrogens is 193 g/mol. The molecule has 0 amide bonds. The second-order valence-electron chi connectivity index (χ2n) is 3.28. The highest BCUT2D eigenvalue weighted by atomic mass is 31.1. The molecule has 1 rings (SSSR count). The van der Waals surface area contributed by atoms with E-state index in [1.807, 2.05) is 18.2 Å². The van der Waals surface area contributed by atoms with Crippen LogP contribution in [0.4, 0.5) is 0 Å². The first-order valence-corrected chi connectivity index (χ1v) is 5.84. The fourth-order valence-electron chi connectivity index (χ4n) is 1.30. The summed E-state index contributed by atoms with van der Waals surface area (Å²) < 4.78 is 10.8. The molecule has 0 fully saturated rings. The minimum atomic E-state index is 0.0974. The summed E-state index contributed by atoms with van der Waals surface area (Å²) >= 11 is 0. The summed E-state index contributed by atoms with van der Waals surface area (Å²) in [5.74, 6) is 0.0974. The summed E-state index contributed by atoms with van der Waals surface area (Å²) in [5, 5.41) is 3.26. The van der Waals surface area contributed by atoms with E-state index >= 15 is 0 Å². The van der Waals surface area contributed by atoms with Gasteiger partial charge in [-0.2, -0.15) is 0 Å². The first-order chi connectivity index (χ1) is 6.86. The molecule has 0 heterocycles. The largest absolute Gasteiger partial charge is 0.300 e. The minimum absolute atomic E-state index is 0.0974. The Hall–Kier alpha value is -0.720. The maximum absolute atomic E-state index is 10.8. The minimum Gasteiger partial charge on any atom is -0.300 e. The van der Waals surface area contributed by atoms with Crippen LogP contribution in [0.2, 0.25) is 0 Å². The van der Waals surface area contributed by atoms with Gasteiger partial charge in [-0.15, -0.1) is 0 Å². The average Bonchev–Trinajstić information content (AvgIpc) is 2.25. The Labute approximate surface area is 86.9 Å². The summed E-state index contributed by atoms with van der Waals surface area (Å²) in [6, 6.07) is 10.2. The summed E-state index contributed by atoms with van der Waals surface area (Å²) in [6.07, 6.45) is 2.01. The van der Waals surface area contributed by atoms with Gasteiger partial charge < -0.3 is 0 Å². The van der Waals surface area contributed by atoms with E-state index in [4.69, 9.17) is 0 Å². The molecule has 0 aliphatic carbocycles. The van der Waals surface area contributed by atoms with Crippen molar-refractivity contribution in [3.63, 3.8) is 0 Å². The Kier molecular flexibility index (Phi) is 5.43. The van der Waals surface area contributed by atoms with Gasteiger partial charge >= 0.3 is 0 Å². The SMILES string of the molecule is CCCC(NCc1ccccc1)P=O. The molecule has 3 heteroatoms. The van der Waals surface area contributed by atoms with Crippen molar-refractivity contribution in [2.24, 2.45) is 0 Å². The Bertz CT molecular complexity index is 263. The van der Waals surface area contributed by atoms with E-state index in [2.05, 4.69) is 24.4 Å². The maximum atomic E-state index is 10.8. The van der Waals surface area contributed by atoms with Crippen LogP contribution in [-0.2, 0) is 11.1 Å².